The molecular weight excluding hydrogens is 212 g/mol. The number of rotatable bonds is 9. The van der Waals surface area contributed by atoms with E-state index in [0.717, 1.165) is 18.6 Å². The Morgan fingerprint density at radius 2 is 1.93 bits per heavy atom. The monoisotopic (exact) mass is 232 g/mol. The molecule has 4 heteroatoms. The Balaban J connectivity index is 3.36. The van der Waals surface area contributed by atoms with Crippen molar-refractivity contribution in [2.45, 2.75) is 39.5 Å². The molecule has 0 aromatic rings. The molecule has 0 aromatic carbocycles. The van der Waals surface area contributed by atoms with Crippen LogP contribution in [0.25, 0.3) is 0 Å². The second-order valence-corrected chi connectivity index (χ2v) is 4.36. The average molecular weight is 232 g/mol. The Hall–Kier alpha value is -0.510. The zero-order valence-corrected chi connectivity index (χ0v) is 10.4. The molecule has 0 radical (unpaired) electrons. The largest absolute Gasteiger partial charge is 0.466 e. The number of carbonyl (C=O) groups is 2. The summed E-state index contributed by atoms with van der Waals surface area (Å²) >= 11 is 1.65. The highest BCUT2D eigenvalue weighted by Crippen LogP contribution is 2.06. The third kappa shape index (κ3) is 9.79. The highest BCUT2D eigenvalue weighted by atomic mass is 32.2. The van der Waals surface area contributed by atoms with Gasteiger partial charge in [-0.15, -0.1) is 0 Å². The van der Waals surface area contributed by atoms with E-state index in [2.05, 4.69) is 6.92 Å². The van der Waals surface area contributed by atoms with E-state index in [1.807, 2.05) is 0 Å². The summed E-state index contributed by atoms with van der Waals surface area (Å²) in [6.45, 7) is 4.28. The van der Waals surface area contributed by atoms with Gasteiger partial charge in [-0.3, -0.25) is 9.59 Å². The van der Waals surface area contributed by atoms with Crippen LogP contribution >= 0.6 is 11.8 Å². The SMILES string of the molecule is CCCCSCC(=O)CCC(=O)OCC. The molecule has 0 amide bonds. The highest BCUT2D eigenvalue weighted by molar-refractivity contribution is 7.99. The number of unbranched alkanes of at least 4 members (excludes halogenated alkanes) is 1. The van der Waals surface area contributed by atoms with Crippen LogP contribution in [0.15, 0.2) is 0 Å². The van der Waals surface area contributed by atoms with Gasteiger partial charge in [0.05, 0.1) is 18.8 Å². The van der Waals surface area contributed by atoms with Crippen molar-refractivity contribution in [2.24, 2.45) is 0 Å². The third-order valence-corrected chi connectivity index (χ3v) is 2.92. The van der Waals surface area contributed by atoms with Crippen LogP contribution in [0, 0.1) is 0 Å². The average Bonchev–Trinajstić information content (AvgIpc) is 2.22. The molecule has 3 nitrogen and oxygen atoms in total. The number of hydrogen-bond donors (Lipinski definition) is 0. The quantitative estimate of drug-likeness (QED) is 0.452. The molecule has 0 saturated carbocycles. The predicted molar refractivity (Wildman–Crippen MR) is 63.1 cm³/mol. The van der Waals surface area contributed by atoms with Crippen LogP contribution in [-0.4, -0.2) is 29.9 Å². The summed E-state index contributed by atoms with van der Waals surface area (Å²) < 4.78 is 4.74. The number of esters is 1. The Morgan fingerprint density at radius 3 is 2.53 bits per heavy atom. The maximum atomic E-state index is 11.3. The Morgan fingerprint density at radius 1 is 1.20 bits per heavy atom. The van der Waals surface area contributed by atoms with Crippen molar-refractivity contribution < 1.29 is 14.3 Å². The van der Waals surface area contributed by atoms with Gasteiger partial charge in [0.25, 0.3) is 0 Å². The first-order chi connectivity index (χ1) is 7.20. The molecule has 0 heterocycles. The van der Waals surface area contributed by atoms with E-state index in [4.69, 9.17) is 4.74 Å². The molecule has 0 fully saturated rings. The molecule has 0 N–H and O–H groups in total. The lowest BCUT2D eigenvalue weighted by molar-refractivity contribution is -0.144. The summed E-state index contributed by atoms with van der Waals surface area (Å²) in [6.07, 6.45) is 2.85. The lowest BCUT2D eigenvalue weighted by Gasteiger charge is -2.01. The molecule has 0 aliphatic carbocycles. The summed E-state index contributed by atoms with van der Waals surface area (Å²) in [7, 11) is 0. The zero-order valence-electron chi connectivity index (χ0n) is 9.58. The van der Waals surface area contributed by atoms with Crippen LogP contribution in [0.3, 0.4) is 0 Å². The molecule has 0 spiro atoms. The van der Waals surface area contributed by atoms with Gasteiger partial charge >= 0.3 is 5.97 Å². The van der Waals surface area contributed by atoms with Gasteiger partial charge in [-0.25, -0.2) is 0 Å². The predicted octanol–water partition coefficient (Wildman–Crippen LogP) is 2.43. The van der Waals surface area contributed by atoms with Crippen LogP contribution in [0.2, 0.25) is 0 Å². The van der Waals surface area contributed by atoms with Crippen molar-refractivity contribution in [2.75, 3.05) is 18.1 Å². The van der Waals surface area contributed by atoms with Gasteiger partial charge in [0.15, 0.2) is 0 Å². The lowest BCUT2D eigenvalue weighted by Crippen LogP contribution is -2.09. The fraction of sp³-hybridized carbons (Fsp3) is 0.818. The van der Waals surface area contributed by atoms with Crippen LogP contribution in [0.5, 0.6) is 0 Å². The molecule has 0 aliphatic heterocycles. The van der Waals surface area contributed by atoms with E-state index in [1.165, 1.54) is 0 Å². The number of carbonyl (C=O) groups excluding carboxylic acids is 2. The van der Waals surface area contributed by atoms with Crippen LogP contribution in [-0.2, 0) is 14.3 Å². The summed E-state index contributed by atoms with van der Waals surface area (Å²) in [6, 6.07) is 0. The van der Waals surface area contributed by atoms with Gasteiger partial charge in [-0.2, -0.15) is 11.8 Å². The van der Waals surface area contributed by atoms with E-state index in [-0.39, 0.29) is 18.2 Å². The fourth-order valence-electron chi connectivity index (χ4n) is 0.979. The maximum Gasteiger partial charge on any atom is 0.306 e. The van der Waals surface area contributed by atoms with Crippen LogP contribution < -0.4 is 0 Å². The van der Waals surface area contributed by atoms with Crippen LogP contribution in [0.4, 0.5) is 0 Å². The van der Waals surface area contributed by atoms with Crippen molar-refractivity contribution in [1.82, 2.24) is 0 Å². The minimum absolute atomic E-state index is 0.143. The van der Waals surface area contributed by atoms with Gasteiger partial charge in [0.1, 0.15) is 5.78 Å². The van der Waals surface area contributed by atoms with Gasteiger partial charge in [-0.1, -0.05) is 13.3 Å². The minimum atomic E-state index is -0.274. The molecule has 15 heavy (non-hydrogen) atoms. The van der Waals surface area contributed by atoms with E-state index >= 15 is 0 Å². The number of Topliss-reactive ketones (excluding diaryl/α,β-unsaturated/α-hetero) is 1. The first-order valence-electron chi connectivity index (χ1n) is 5.45. The first-order valence-corrected chi connectivity index (χ1v) is 6.61. The standard InChI is InChI=1S/C11H20O3S/c1-3-5-8-15-9-10(12)6-7-11(13)14-4-2/h3-9H2,1-2H3. The first kappa shape index (κ1) is 14.5. The zero-order chi connectivity index (χ0) is 11.5. The molecule has 0 aliphatic rings. The molecular formula is C11H20O3S. The Kier molecular flexibility index (Phi) is 9.68. The van der Waals surface area contributed by atoms with Crippen molar-refractivity contribution in [3.05, 3.63) is 0 Å². The molecule has 0 rings (SSSR count). The molecule has 0 bridgehead atoms. The molecule has 0 atom stereocenters. The van der Waals surface area contributed by atoms with Crippen molar-refractivity contribution in [3.8, 4) is 0 Å². The summed E-state index contributed by atoms with van der Waals surface area (Å²) in [5, 5.41) is 0. The maximum absolute atomic E-state index is 11.3. The Bertz CT molecular complexity index is 192. The van der Waals surface area contributed by atoms with E-state index in [0.29, 0.717) is 18.8 Å². The summed E-state index contributed by atoms with van der Waals surface area (Å²) in [4.78, 5) is 22.2. The van der Waals surface area contributed by atoms with Gasteiger partial charge < -0.3 is 4.74 Å². The highest BCUT2D eigenvalue weighted by Gasteiger charge is 2.07. The number of thioether (sulfide) groups is 1. The van der Waals surface area contributed by atoms with Crippen molar-refractivity contribution in [3.63, 3.8) is 0 Å². The normalized spacial score (nSPS) is 10.0. The van der Waals surface area contributed by atoms with Crippen LogP contribution in [0.1, 0.15) is 39.5 Å². The molecule has 88 valence electrons. The smallest absolute Gasteiger partial charge is 0.306 e. The second-order valence-electron chi connectivity index (χ2n) is 3.25. The van der Waals surface area contributed by atoms with Gasteiger partial charge in [0, 0.05) is 6.42 Å². The van der Waals surface area contributed by atoms with E-state index < -0.39 is 0 Å². The number of ether oxygens (including phenoxy) is 1. The second kappa shape index (κ2) is 10.0. The van der Waals surface area contributed by atoms with Gasteiger partial charge in [-0.05, 0) is 19.1 Å². The van der Waals surface area contributed by atoms with E-state index in [9.17, 15) is 9.59 Å². The lowest BCUT2D eigenvalue weighted by atomic mass is 10.2. The Labute approximate surface area is 95.9 Å². The molecule has 0 aromatic heterocycles. The van der Waals surface area contributed by atoms with Crippen molar-refractivity contribution >= 4 is 23.5 Å². The summed E-state index contributed by atoms with van der Waals surface area (Å²) in [5.74, 6) is 1.43. The molecule has 0 saturated heterocycles. The number of hydrogen-bond acceptors (Lipinski definition) is 4. The fourth-order valence-corrected chi connectivity index (χ4v) is 1.99. The third-order valence-electron chi connectivity index (χ3n) is 1.82. The topological polar surface area (TPSA) is 43.4 Å². The minimum Gasteiger partial charge on any atom is -0.466 e. The van der Waals surface area contributed by atoms with Gasteiger partial charge in [0.2, 0.25) is 0 Å². The van der Waals surface area contributed by atoms with E-state index in [1.54, 1.807) is 18.7 Å². The number of ketones is 1. The summed E-state index contributed by atoms with van der Waals surface area (Å²) in [5.41, 5.74) is 0. The molecule has 0 unspecified atom stereocenters. The van der Waals surface area contributed by atoms with Crippen molar-refractivity contribution in [1.29, 1.82) is 0 Å².